The van der Waals surface area contributed by atoms with Gasteiger partial charge in [-0.05, 0) is 32.4 Å². The van der Waals surface area contributed by atoms with Crippen LogP contribution in [0.3, 0.4) is 0 Å². The Morgan fingerprint density at radius 2 is 2.14 bits per heavy atom. The highest BCUT2D eigenvalue weighted by Crippen LogP contribution is 2.22. The molecule has 1 aromatic rings. The number of aliphatic hydroxyl groups excluding tert-OH is 1. The van der Waals surface area contributed by atoms with Gasteiger partial charge in [0.2, 0.25) is 0 Å². The van der Waals surface area contributed by atoms with Crippen LogP contribution in [0.2, 0.25) is 0 Å². The average molecular weight is 312 g/mol. The Morgan fingerprint density at radius 1 is 1.41 bits per heavy atom. The first kappa shape index (κ1) is 18.2. The number of anilines is 1. The Morgan fingerprint density at radius 3 is 2.68 bits per heavy atom. The summed E-state index contributed by atoms with van der Waals surface area (Å²) in [5.74, 6) is -0.130. The first-order valence-corrected chi connectivity index (χ1v) is 7.61. The normalized spacial score (nSPS) is 10.6. The number of amides is 2. The number of carbonyl (C=O) groups excluding carboxylic acids is 1. The van der Waals surface area contributed by atoms with Gasteiger partial charge in [-0.15, -0.1) is 0 Å². The van der Waals surface area contributed by atoms with E-state index in [0.717, 1.165) is 12.8 Å². The fourth-order valence-corrected chi connectivity index (χ4v) is 1.92. The van der Waals surface area contributed by atoms with Crippen molar-refractivity contribution in [2.24, 2.45) is 0 Å². The minimum atomic E-state index is -0.550. The number of benzene rings is 1. The van der Waals surface area contributed by atoms with E-state index >= 15 is 0 Å². The number of nitrogens with zero attached hydrogens (tertiary/aromatic N) is 1. The summed E-state index contributed by atoms with van der Waals surface area (Å²) in [5, 5.41) is 11.5. The lowest BCUT2D eigenvalue weighted by molar-refractivity contribution is 0.187. The van der Waals surface area contributed by atoms with Crippen molar-refractivity contribution in [2.75, 3.05) is 25.0 Å². The minimum Gasteiger partial charge on any atom is -0.491 e. The lowest BCUT2D eigenvalue weighted by Gasteiger charge is -2.22. The van der Waals surface area contributed by atoms with Gasteiger partial charge in [-0.2, -0.15) is 0 Å². The molecule has 6 heteroatoms. The zero-order valence-electron chi connectivity index (χ0n) is 13.4. The molecule has 22 heavy (non-hydrogen) atoms. The summed E-state index contributed by atoms with van der Waals surface area (Å²) in [6.07, 6.45) is 1.72. The molecule has 0 radical (unpaired) electrons. The van der Waals surface area contributed by atoms with Crippen LogP contribution in [0.25, 0.3) is 0 Å². The van der Waals surface area contributed by atoms with E-state index in [4.69, 9.17) is 9.84 Å². The van der Waals surface area contributed by atoms with Crippen molar-refractivity contribution in [3.05, 3.63) is 24.0 Å². The van der Waals surface area contributed by atoms with Crippen LogP contribution >= 0.6 is 0 Å². The molecular formula is C16H25FN2O3. The molecule has 0 fully saturated rings. The van der Waals surface area contributed by atoms with Crippen LogP contribution in [-0.2, 0) is 0 Å². The molecule has 0 atom stereocenters. The Hall–Kier alpha value is -1.82. The van der Waals surface area contributed by atoms with Gasteiger partial charge in [-0.1, -0.05) is 13.3 Å². The van der Waals surface area contributed by atoms with Gasteiger partial charge in [0.05, 0.1) is 18.4 Å². The molecule has 2 N–H and O–H groups in total. The lowest BCUT2D eigenvalue weighted by atomic mass is 10.2. The lowest BCUT2D eigenvalue weighted by Crippen LogP contribution is -2.37. The second-order valence-corrected chi connectivity index (χ2v) is 5.30. The number of aliphatic hydroxyl groups is 1. The summed E-state index contributed by atoms with van der Waals surface area (Å²) < 4.78 is 19.4. The van der Waals surface area contributed by atoms with Crippen LogP contribution in [0, 0.1) is 5.82 Å². The van der Waals surface area contributed by atoms with Crippen molar-refractivity contribution in [1.29, 1.82) is 0 Å². The van der Waals surface area contributed by atoms with E-state index in [9.17, 15) is 9.18 Å². The highest BCUT2D eigenvalue weighted by atomic mass is 19.1. The van der Waals surface area contributed by atoms with E-state index in [2.05, 4.69) is 5.32 Å². The Labute approximate surface area is 131 Å². The molecule has 0 aromatic heterocycles. The van der Waals surface area contributed by atoms with Gasteiger partial charge in [-0.25, -0.2) is 9.18 Å². The molecule has 0 aliphatic rings. The van der Waals surface area contributed by atoms with Crippen molar-refractivity contribution in [3.8, 4) is 5.75 Å². The third kappa shape index (κ3) is 5.89. The number of urea groups is 1. The van der Waals surface area contributed by atoms with Gasteiger partial charge < -0.3 is 20.1 Å². The maximum Gasteiger partial charge on any atom is 0.322 e. The van der Waals surface area contributed by atoms with Gasteiger partial charge in [0, 0.05) is 19.2 Å². The Balaban J connectivity index is 2.73. The predicted octanol–water partition coefficient (Wildman–Crippen LogP) is 3.24. The summed E-state index contributed by atoms with van der Waals surface area (Å²) in [6.45, 7) is 6.35. The monoisotopic (exact) mass is 312 g/mol. The van der Waals surface area contributed by atoms with Crippen LogP contribution < -0.4 is 10.1 Å². The van der Waals surface area contributed by atoms with Gasteiger partial charge >= 0.3 is 6.03 Å². The highest BCUT2D eigenvalue weighted by Gasteiger charge is 2.15. The molecule has 0 aliphatic carbocycles. The zero-order chi connectivity index (χ0) is 16.5. The number of halogens is 1. The molecule has 0 saturated heterocycles. The molecule has 0 bridgehead atoms. The quantitative estimate of drug-likeness (QED) is 0.774. The standard InChI is InChI=1S/C16H25FN2O3/c1-4-5-8-19(9-10-20)16(21)18-15-7-6-13(11-14(15)17)22-12(2)3/h6-7,11-12,20H,4-5,8-10H2,1-3H3,(H,18,21). The van der Waals surface area contributed by atoms with Crippen molar-refractivity contribution in [3.63, 3.8) is 0 Å². The number of carbonyl (C=O) groups is 1. The SMILES string of the molecule is CCCCN(CCO)C(=O)Nc1ccc(OC(C)C)cc1F. The summed E-state index contributed by atoms with van der Waals surface area (Å²) in [4.78, 5) is 13.6. The minimum absolute atomic E-state index is 0.0473. The van der Waals surface area contributed by atoms with Gasteiger partial charge in [0.1, 0.15) is 11.6 Å². The van der Waals surface area contributed by atoms with E-state index in [1.54, 1.807) is 6.07 Å². The van der Waals surface area contributed by atoms with E-state index in [1.807, 2.05) is 20.8 Å². The molecule has 0 heterocycles. The molecule has 5 nitrogen and oxygen atoms in total. The summed E-state index contributed by atoms with van der Waals surface area (Å²) in [7, 11) is 0. The van der Waals surface area contributed by atoms with Crippen LogP contribution in [0.1, 0.15) is 33.6 Å². The van der Waals surface area contributed by atoms with Crippen molar-refractivity contribution in [1.82, 2.24) is 4.90 Å². The highest BCUT2D eigenvalue weighted by molar-refractivity contribution is 5.89. The second kappa shape index (κ2) is 9.25. The molecule has 0 aliphatic heterocycles. The molecule has 0 spiro atoms. The van der Waals surface area contributed by atoms with Crippen molar-refractivity contribution in [2.45, 2.75) is 39.7 Å². The van der Waals surface area contributed by atoms with Crippen LogP contribution in [-0.4, -0.2) is 41.8 Å². The average Bonchev–Trinajstić information content (AvgIpc) is 2.45. The fraction of sp³-hybridized carbons (Fsp3) is 0.562. The first-order chi connectivity index (χ1) is 10.5. The van der Waals surface area contributed by atoms with Gasteiger partial charge in [-0.3, -0.25) is 0 Å². The number of hydrogen-bond donors (Lipinski definition) is 2. The Bertz CT molecular complexity index is 480. The number of ether oxygens (including phenoxy) is 1. The van der Waals surface area contributed by atoms with Gasteiger partial charge in [0.25, 0.3) is 0 Å². The maximum atomic E-state index is 14.0. The van der Waals surface area contributed by atoms with Crippen molar-refractivity contribution < 1.29 is 19.0 Å². The van der Waals surface area contributed by atoms with Crippen LogP contribution in [0.4, 0.5) is 14.9 Å². The molecule has 0 saturated carbocycles. The summed E-state index contributed by atoms with van der Waals surface area (Å²) in [6, 6.07) is 3.92. The molecule has 2 amide bonds. The third-order valence-electron chi connectivity index (χ3n) is 2.99. The number of unbranched alkanes of at least 4 members (excludes halogenated alkanes) is 1. The smallest absolute Gasteiger partial charge is 0.322 e. The number of nitrogens with one attached hydrogen (secondary N) is 1. The first-order valence-electron chi connectivity index (χ1n) is 7.61. The third-order valence-corrected chi connectivity index (χ3v) is 2.99. The second-order valence-electron chi connectivity index (χ2n) is 5.30. The van der Waals surface area contributed by atoms with Crippen molar-refractivity contribution >= 4 is 11.7 Å². The summed E-state index contributed by atoms with van der Waals surface area (Å²) in [5.41, 5.74) is 0.0977. The molecule has 124 valence electrons. The van der Waals surface area contributed by atoms with Gasteiger partial charge in [0.15, 0.2) is 0 Å². The molecule has 0 unspecified atom stereocenters. The van der Waals surface area contributed by atoms with E-state index in [0.29, 0.717) is 12.3 Å². The molecular weight excluding hydrogens is 287 g/mol. The topological polar surface area (TPSA) is 61.8 Å². The summed E-state index contributed by atoms with van der Waals surface area (Å²) >= 11 is 0. The van der Waals surface area contributed by atoms with Crippen LogP contribution in [0.5, 0.6) is 5.75 Å². The number of rotatable bonds is 8. The van der Waals surface area contributed by atoms with Crippen LogP contribution in [0.15, 0.2) is 18.2 Å². The van der Waals surface area contributed by atoms with E-state index in [-0.39, 0.29) is 24.9 Å². The molecule has 1 rings (SSSR count). The maximum absolute atomic E-state index is 14.0. The largest absolute Gasteiger partial charge is 0.491 e. The van der Waals surface area contributed by atoms with E-state index in [1.165, 1.54) is 17.0 Å². The number of hydrogen-bond acceptors (Lipinski definition) is 3. The fourth-order valence-electron chi connectivity index (χ4n) is 1.92. The van der Waals surface area contributed by atoms with E-state index < -0.39 is 11.8 Å². The Kier molecular flexibility index (Phi) is 7.66. The zero-order valence-corrected chi connectivity index (χ0v) is 13.4. The molecule has 1 aromatic carbocycles. The predicted molar refractivity (Wildman–Crippen MR) is 84.7 cm³/mol.